The fourth-order valence-corrected chi connectivity index (χ4v) is 3.63. The molecule has 0 aliphatic carbocycles. The van der Waals surface area contributed by atoms with Crippen LogP contribution in [-0.4, -0.2) is 24.5 Å². The standard InChI is InChI=1S/C21H18ClNO4/c1-25-19-3-2-4-20-16(19)9-14(11-26-20)18(24)8-13-5-6-15(17(22)7-13)21-10-23-12-27-21/h2-7,10,12,14H,8-9,11H2,1H3. The molecule has 0 saturated carbocycles. The van der Waals surface area contributed by atoms with E-state index in [0.29, 0.717) is 30.2 Å². The third-order valence-electron chi connectivity index (χ3n) is 4.77. The first-order valence-electron chi connectivity index (χ1n) is 8.64. The van der Waals surface area contributed by atoms with Crippen LogP contribution in [0.2, 0.25) is 5.02 Å². The van der Waals surface area contributed by atoms with Crippen molar-refractivity contribution < 1.29 is 18.7 Å². The number of carbonyl (C=O) groups excluding carboxylic acids is 1. The summed E-state index contributed by atoms with van der Waals surface area (Å²) in [6.07, 6.45) is 3.88. The molecule has 6 heteroatoms. The van der Waals surface area contributed by atoms with Crippen molar-refractivity contribution in [1.29, 1.82) is 0 Å². The van der Waals surface area contributed by atoms with Crippen molar-refractivity contribution in [2.24, 2.45) is 5.92 Å². The van der Waals surface area contributed by atoms with Crippen LogP contribution in [0, 0.1) is 5.92 Å². The number of nitrogens with zero attached hydrogens (tertiary/aromatic N) is 1. The zero-order valence-electron chi connectivity index (χ0n) is 14.8. The highest BCUT2D eigenvalue weighted by Gasteiger charge is 2.28. The average molecular weight is 384 g/mol. The van der Waals surface area contributed by atoms with E-state index in [1.165, 1.54) is 6.39 Å². The number of fused-ring (bicyclic) bond motifs is 1. The predicted molar refractivity (Wildman–Crippen MR) is 101 cm³/mol. The Hall–Kier alpha value is -2.79. The monoisotopic (exact) mass is 383 g/mol. The Labute approximate surface area is 161 Å². The molecule has 2 heterocycles. The summed E-state index contributed by atoms with van der Waals surface area (Å²) < 4.78 is 16.5. The average Bonchev–Trinajstić information content (AvgIpc) is 3.21. The molecule has 1 aliphatic heterocycles. The van der Waals surface area contributed by atoms with E-state index in [4.69, 9.17) is 25.5 Å². The zero-order chi connectivity index (χ0) is 18.8. The molecule has 0 saturated heterocycles. The first kappa shape index (κ1) is 17.6. The van der Waals surface area contributed by atoms with Crippen molar-refractivity contribution in [3.8, 4) is 22.8 Å². The van der Waals surface area contributed by atoms with E-state index in [1.54, 1.807) is 19.4 Å². The summed E-state index contributed by atoms with van der Waals surface area (Å²) in [6.45, 7) is 0.378. The number of ketones is 1. The van der Waals surface area contributed by atoms with Gasteiger partial charge < -0.3 is 13.9 Å². The molecule has 0 bridgehead atoms. The molecule has 5 nitrogen and oxygen atoms in total. The van der Waals surface area contributed by atoms with Crippen molar-refractivity contribution in [3.63, 3.8) is 0 Å². The van der Waals surface area contributed by atoms with Gasteiger partial charge in [-0.1, -0.05) is 23.7 Å². The molecular weight excluding hydrogens is 366 g/mol. The van der Waals surface area contributed by atoms with Crippen molar-refractivity contribution in [3.05, 3.63) is 65.1 Å². The minimum Gasteiger partial charge on any atom is -0.496 e. The van der Waals surface area contributed by atoms with Crippen LogP contribution < -0.4 is 9.47 Å². The van der Waals surface area contributed by atoms with Gasteiger partial charge in [-0.05, 0) is 36.2 Å². The second kappa shape index (κ2) is 7.45. The number of rotatable bonds is 5. The Kier molecular flexibility index (Phi) is 4.86. The van der Waals surface area contributed by atoms with E-state index in [0.717, 1.165) is 28.2 Å². The van der Waals surface area contributed by atoms with Crippen molar-refractivity contribution in [2.45, 2.75) is 12.8 Å². The SMILES string of the molecule is COc1cccc2c1CC(C(=O)Cc1ccc(-c3cnco3)c(Cl)c1)CO2. The van der Waals surface area contributed by atoms with Gasteiger partial charge in [0.2, 0.25) is 0 Å². The molecule has 1 unspecified atom stereocenters. The largest absolute Gasteiger partial charge is 0.496 e. The number of hydrogen-bond acceptors (Lipinski definition) is 5. The Morgan fingerprint density at radius 3 is 2.96 bits per heavy atom. The van der Waals surface area contributed by atoms with Gasteiger partial charge in [-0.2, -0.15) is 0 Å². The molecule has 0 amide bonds. The van der Waals surface area contributed by atoms with Gasteiger partial charge in [-0.3, -0.25) is 4.79 Å². The van der Waals surface area contributed by atoms with E-state index in [9.17, 15) is 4.79 Å². The molecule has 3 aromatic rings. The zero-order valence-corrected chi connectivity index (χ0v) is 15.5. The van der Waals surface area contributed by atoms with Crippen LogP contribution in [0.4, 0.5) is 0 Å². The van der Waals surface area contributed by atoms with Gasteiger partial charge in [-0.15, -0.1) is 0 Å². The fraction of sp³-hybridized carbons (Fsp3) is 0.238. The molecular formula is C21H18ClNO4. The Bertz CT molecular complexity index is 954. The molecule has 138 valence electrons. The first-order chi connectivity index (χ1) is 13.2. The molecule has 0 spiro atoms. The minimum atomic E-state index is -0.207. The van der Waals surface area contributed by atoms with Crippen LogP contribution in [0.3, 0.4) is 0 Å². The third-order valence-corrected chi connectivity index (χ3v) is 5.08. The second-order valence-corrected chi connectivity index (χ2v) is 6.88. The number of ether oxygens (including phenoxy) is 2. The number of aromatic nitrogens is 1. The number of carbonyl (C=O) groups is 1. The molecule has 0 radical (unpaired) electrons. The molecule has 1 atom stereocenters. The van der Waals surface area contributed by atoms with E-state index >= 15 is 0 Å². The fourth-order valence-electron chi connectivity index (χ4n) is 3.34. The van der Waals surface area contributed by atoms with E-state index in [2.05, 4.69) is 4.98 Å². The Morgan fingerprint density at radius 1 is 1.33 bits per heavy atom. The van der Waals surface area contributed by atoms with Gasteiger partial charge in [-0.25, -0.2) is 4.98 Å². The highest BCUT2D eigenvalue weighted by atomic mass is 35.5. The van der Waals surface area contributed by atoms with Gasteiger partial charge in [0.15, 0.2) is 12.2 Å². The van der Waals surface area contributed by atoms with Crippen LogP contribution in [0.5, 0.6) is 11.5 Å². The quantitative estimate of drug-likeness (QED) is 0.654. The highest BCUT2D eigenvalue weighted by molar-refractivity contribution is 6.33. The number of Topliss-reactive ketones (excluding diaryl/α,β-unsaturated/α-hetero) is 1. The maximum Gasteiger partial charge on any atom is 0.181 e. The maximum absolute atomic E-state index is 12.8. The second-order valence-electron chi connectivity index (χ2n) is 6.47. The lowest BCUT2D eigenvalue weighted by Crippen LogP contribution is -2.29. The van der Waals surface area contributed by atoms with Crippen molar-refractivity contribution in [1.82, 2.24) is 4.98 Å². The normalized spacial score (nSPS) is 15.7. The van der Waals surface area contributed by atoms with Gasteiger partial charge in [0.1, 0.15) is 17.3 Å². The maximum atomic E-state index is 12.8. The summed E-state index contributed by atoms with van der Waals surface area (Å²) in [5, 5.41) is 0.531. The number of halogens is 1. The van der Waals surface area contributed by atoms with Crippen LogP contribution in [0.15, 0.2) is 53.4 Å². The van der Waals surface area contributed by atoms with Crippen LogP contribution in [0.1, 0.15) is 11.1 Å². The smallest absolute Gasteiger partial charge is 0.181 e. The lowest BCUT2D eigenvalue weighted by Gasteiger charge is -2.25. The van der Waals surface area contributed by atoms with E-state index < -0.39 is 0 Å². The molecule has 2 aromatic carbocycles. The van der Waals surface area contributed by atoms with Gasteiger partial charge in [0.05, 0.1) is 30.9 Å². The minimum absolute atomic E-state index is 0.120. The Balaban J connectivity index is 1.49. The first-order valence-corrected chi connectivity index (χ1v) is 9.02. The lowest BCUT2D eigenvalue weighted by molar-refractivity contribution is -0.123. The van der Waals surface area contributed by atoms with Gasteiger partial charge >= 0.3 is 0 Å². The van der Waals surface area contributed by atoms with Gasteiger partial charge in [0.25, 0.3) is 0 Å². The Morgan fingerprint density at radius 2 is 2.22 bits per heavy atom. The van der Waals surface area contributed by atoms with Crippen molar-refractivity contribution >= 4 is 17.4 Å². The summed E-state index contributed by atoms with van der Waals surface area (Å²) in [6, 6.07) is 11.2. The van der Waals surface area contributed by atoms with Crippen LogP contribution in [0.25, 0.3) is 11.3 Å². The lowest BCUT2D eigenvalue weighted by atomic mass is 9.89. The van der Waals surface area contributed by atoms with Crippen molar-refractivity contribution in [2.75, 3.05) is 13.7 Å². The predicted octanol–water partition coefficient (Wildman–Crippen LogP) is 4.37. The summed E-state index contributed by atoms with van der Waals surface area (Å²) in [7, 11) is 1.62. The number of benzene rings is 2. The van der Waals surface area contributed by atoms with Gasteiger partial charge in [0, 0.05) is 17.5 Å². The summed E-state index contributed by atoms with van der Waals surface area (Å²) in [4.78, 5) is 16.7. The molecule has 1 aromatic heterocycles. The van der Waals surface area contributed by atoms with Crippen LogP contribution in [-0.2, 0) is 17.6 Å². The topological polar surface area (TPSA) is 61.6 Å². The number of oxazole rings is 1. The summed E-state index contributed by atoms with van der Waals surface area (Å²) in [5.74, 6) is 2.06. The van der Waals surface area contributed by atoms with E-state index in [1.807, 2.05) is 30.3 Å². The molecule has 1 aliphatic rings. The van der Waals surface area contributed by atoms with E-state index in [-0.39, 0.29) is 11.7 Å². The number of methoxy groups -OCH3 is 1. The summed E-state index contributed by atoms with van der Waals surface area (Å²) >= 11 is 6.36. The highest BCUT2D eigenvalue weighted by Crippen LogP contribution is 2.35. The summed E-state index contributed by atoms with van der Waals surface area (Å²) in [5.41, 5.74) is 2.56. The molecule has 0 N–H and O–H groups in total. The molecule has 0 fully saturated rings. The molecule has 4 rings (SSSR count). The van der Waals surface area contributed by atoms with Crippen LogP contribution >= 0.6 is 11.6 Å². The third kappa shape index (κ3) is 3.55. The number of hydrogen-bond donors (Lipinski definition) is 0. The molecule has 27 heavy (non-hydrogen) atoms.